The minimum absolute atomic E-state index is 0.592. The van der Waals surface area contributed by atoms with Crippen LogP contribution < -0.4 is 15.0 Å². The second kappa shape index (κ2) is 4.22. The van der Waals surface area contributed by atoms with E-state index in [0.29, 0.717) is 5.41 Å². The molecule has 2 aliphatic rings. The third-order valence-corrected chi connectivity index (χ3v) is 4.14. The van der Waals surface area contributed by atoms with Gasteiger partial charge in [0.2, 0.25) is 0 Å². The molecule has 1 aromatic rings. The lowest BCUT2D eigenvalue weighted by molar-refractivity contribution is 0.150. The van der Waals surface area contributed by atoms with Crippen LogP contribution in [0.1, 0.15) is 12.8 Å². The fraction of sp³-hybridized carbons (Fsp3) is 0.571. The number of methoxy groups -OCH3 is 1. The smallest absolute Gasteiger partial charge is 0.120 e. The van der Waals surface area contributed by atoms with E-state index in [-0.39, 0.29) is 0 Å². The van der Waals surface area contributed by atoms with E-state index in [4.69, 9.17) is 4.74 Å². The molecule has 3 rings (SSSR count). The molecular formula is C14H20N2O. The van der Waals surface area contributed by atoms with Crippen LogP contribution in [0.5, 0.6) is 5.75 Å². The molecule has 0 aliphatic carbocycles. The zero-order valence-electron chi connectivity index (χ0n) is 10.4. The number of piperidine rings is 1. The average molecular weight is 232 g/mol. The summed E-state index contributed by atoms with van der Waals surface area (Å²) in [5.74, 6) is 0.953. The first-order valence-corrected chi connectivity index (χ1v) is 6.41. The van der Waals surface area contributed by atoms with Crippen molar-refractivity contribution in [2.45, 2.75) is 12.8 Å². The standard InChI is InChI=1S/C14H20N2O/c1-17-13-4-2-3-12(9-13)16-10-14(11-16)5-7-15-8-6-14/h2-4,9,15H,5-8,10-11H2,1H3. The topological polar surface area (TPSA) is 24.5 Å². The van der Waals surface area contributed by atoms with Crippen molar-refractivity contribution in [1.29, 1.82) is 0 Å². The van der Waals surface area contributed by atoms with E-state index in [1.54, 1.807) is 7.11 Å². The summed E-state index contributed by atoms with van der Waals surface area (Å²) < 4.78 is 5.27. The van der Waals surface area contributed by atoms with Gasteiger partial charge in [0, 0.05) is 30.3 Å². The third kappa shape index (κ3) is 2.00. The van der Waals surface area contributed by atoms with Crippen LogP contribution in [0, 0.1) is 5.41 Å². The summed E-state index contributed by atoms with van der Waals surface area (Å²) >= 11 is 0. The first kappa shape index (κ1) is 10.9. The van der Waals surface area contributed by atoms with E-state index in [2.05, 4.69) is 28.4 Å². The Bertz CT molecular complexity index is 391. The van der Waals surface area contributed by atoms with Gasteiger partial charge in [-0.3, -0.25) is 0 Å². The molecule has 2 heterocycles. The van der Waals surface area contributed by atoms with E-state index >= 15 is 0 Å². The maximum atomic E-state index is 5.27. The van der Waals surface area contributed by atoms with Crippen molar-refractivity contribution < 1.29 is 4.74 Å². The zero-order chi connectivity index (χ0) is 11.7. The van der Waals surface area contributed by atoms with Gasteiger partial charge in [0.25, 0.3) is 0 Å². The van der Waals surface area contributed by atoms with Crippen molar-refractivity contribution >= 4 is 5.69 Å². The van der Waals surface area contributed by atoms with Crippen LogP contribution in [0.2, 0.25) is 0 Å². The predicted molar refractivity (Wildman–Crippen MR) is 69.7 cm³/mol. The Morgan fingerprint density at radius 1 is 1.24 bits per heavy atom. The van der Waals surface area contributed by atoms with Crippen LogP contribution >= 0.6 is 0 Å². The molecule has 0 amide bonds. The Morgan fingerprint density at radius 3 is 2.71 bits per heavy atom. The van der Waals surface area contributed by atoms with Crippen molar-refractivity contribution in [3.05, 3.63) is 24.3 Å². The Kier molecular flexibility index (Phi) is 2.71. The van der Waals surface area contributed by atoms with E-state index in [0.717, 1.165) is 5.75 Å². The summed E-state index contributed by atoms with van der Waals surface area (Å²) in [4.78, 5) is 2.47. The molecule has 0 unspecified atom stereocenters. The van der Waals surface area contributed by atoms with Crippen LogP contribution in [-0.2, 0) is 0 Å². The predicted octanol–water partition coefficient (Wildman–Crippen LogP) is 1.88. The van der Waals surface area contributed by atoms with Crippen molar-refractivity contribution in [2.75, 3.05) is 38.2 Å². The number of benzene rings is 1. The van der Waals surface area contributed by atoms with Gasteiger partial charge in [0.1, 0.15) is 5.75 Å². The van der Waals surface area contributed by atoms with Gasteiger partial charge in [-0.05, 0) is 38.1 Å². The minimum Gasteiger partial charge on any atom is -0.497 e. The molecule has 2 saturated heterocycles. The third-order valence-electron chi connectivity index (χ3n) is 4.14. The Labute approximate surface area is 103 Å². The fourth-order valence-corrected chi connectivity index (χ4v) is 3.03. The molecule has 0 saturated carbocycles. The number of anilines is 1. The quantitative estimate of drug-likeness (QED) is 0.842. The number of ether oxygens (including phenoxy) is 1. The van der Waals surface area contributed by atoms with Gasteiger partial charge in [-0.25, -0.2) is 0 Å². The number of hydrogen-bond donors (Lipinski definition) is 1. The number of nitrogens with one attached hydrogen (secondary N) is 1. The summed E-state index contributed by atoms with van der Waals surface area (Å²) in [6.07, 6.45) is 2.65. The molecular weight excluding hydrogens is 212 g/mol. The van der Waals surface area contributed by atoms with Crippen LogP contribution in [0.4, 0.5) is 5.69 Å². The van der Waals surface area contributed by atoms with Crippen LogP contribution in [0.25, 0.3) is 0 Å². The molecule has 0 atom stereocenters. The van der Waals surface area contributed by atoms with E-state index in [1.165, 1.54) is 44.7 Å². The van der Waals surface area contributed by atoms with Crippen LogP contribution in [-0.4, -0.2) is 33.3 Å². The Balaban J connectivity index is 1.67. The van der Waals surface area contributed by atoms with Gasteiger partial charge < -0.3 is 15.0 Å². The lowest BCUT2D eigenvalue weighted by Crippen LogP contribution is -2.60. The summed E-state index contributed by atoms with van der Waals surface area (Å²) in [7, 11) is 1.73. The molecule has 3 heteroatoms. The highest BCUT2D eigenvalue weighted by molar-refractivity contribution is 5.53. The Morgan fingerprint density at radius 2 is 2.00 bits per heavy atom. The summed E-state index contributed by atoms with van der Waals surface area (Å²) in [6.45, 7) is 4.79. The highest BCUT2D eigenvalue weighted by atomic mass is 16.5. The van der Waals surface area contributed by atoms with E-state index in [9.17, 15) is 0 Å². The van der Waals surface area contributed by atoms with Gasteiger partial charge >= 0.3 is 0 Å². The molecule has 1 N–H and O–H groups in total. The molecule has 0 radical (unpaired) electrons. The lowest BCUT2D eigenvalue weighted by atomic mass is 9.72. The number of rotatable bonds is 2. The summed E-state index contributed by atoms with van der Waals surface area (Å²) in [5, 5.41) is 3.44. The second-order valence-corrected chi connectivity index (χ2v) is 5.31. The molecule has 0 aromatic heterocycles. The highest BCUT2D eigenvalue weighted by Gasteiger charge is 2.43. The minimum atomic E-state index is 0.592. The molecule has 2 aliphatic heterocycles. The summed E-state index contributed by atoms with van der Waals surface area (Å²) in [5.41, 5.74) is 1.89. The molecule has 17 heavy (non-hydrogen) atoms. The van der Waals surface area contributed by atoms with E-state index < -0.39 is 0 Å². The Hall–Kier alpha value is -1.22. The summed E-state index contributed by atoms with van der Waals surface area (Å²) in [6, 6.07) is 8.38. The first-order chi connectivity index (χ1) is 8.31. The van der Waals surface area contributed by atoms with Crippen LogP contribution in [0.3, 0.4) is 0 Å². The largest absolute Gasteiger partial charge is 0.497 e. The lowest BCUT2D eigenvalue weighted by Gasteiger charge is -2.53. The zero-order valence-corrected chi connectivity index (χ0v) is 10.4. The molecule has 0 bridgehead atoms. The number of hydrogen-bond acceptors (Lipinski definition) is 3. The normalized spacial score (nSPS) is 22.3. The van der Waals surface area contributed by atoms with Gasteiger partial charge in [-0.15, -0.1) is 0 Å². The average Bonchev–Trinajstić information content (AvgIpc) is 2.37. The highest BCUT2D eigenvalue weighted by Crippen LogP contribution is 2.41. The van der Waals surface area contributed by atoms with Crippen molar-refractivity contribution in [3.8, 4) is 5.75 Å². The van der Waals surface area contributed by atoms with Crippen LogP contribution in [0.15, 0.2) is 24.3 Å². The SMILES string of the molecule is COc1cccc(N2CC3(CCNCC3)C2)c1. The monoisotopic (exact) mass is 232 g/mol. The number of nitrogens with zero attached hydrogens (tertiary/aromatic N) is 1. The van der Waals surface area contributed by atoms with Crippen molar-refractivity contribution in [2.24, 2.45) is 5.41 Å². The van der Waals surface area contributed by atoms with Gasteiger partial charge in [0.15, 0.2) is 0 Å². The molecule has 1 aromatic carbocycles. The van der Waals surface area contributed by atoms with Gasteiger partial charge in [-0.1, -0.05) is 6.07 Å². The fourth-order valence-electron chi connectivity index (χ4n) is 3.03. The molecule has 2 fully saturated rings. The molecule has 92 valence electrons. The maximum absolute atomic E-state index is 5.27. The van der Waals surface area contributed by atoms with Gasteiger partial charge in [0.05, 0.1) is 7.11 Å². The van der Waals surface area contributed by atoms with E-state index in [1.807, 2.05) is 6.07 Å². The van der Waals surface area contributed by atoms with Gasteiger partial charge in [-0.2, -0.15) is 0 Å². The molecule has 1 spiro atoms. The molecule has 3 nitrogen and oxygen atoms in total. The van der Waals surface area contributed by atoms with Crippen molar-refractivity contribution in [1.82, 2.24) is 5.32 Å². The van der Waals surface area contributed by atoms with Crippen molar-refractivity contribution in [3.63, 3.8) is 0 Å². The first-order valence-electron chi connectivity index (χ1n) is 6.41. The second-order valence-electron chi connectivity index (χ2n) is 5.31. The maximum Gasteiger partial charge on any atom is 0.120 e.